The lowest BCUT2D eigenvalue weighted by Crippen LogP contribution is -2.45. The van der Waals surface area contributed by atoms with Gasteiger partial charge < -0.3 is 20.3 Å². The van der Waals surface area contributed by atoms with E-state index in [0.717, 1.165) is 51.4 Å². The molecule has 0 bridgehead atoms. The van der Waals surface area contributed by atoms with Crippen molar-refractivity contribution in [2.45, 2.75) is 398 Å². The number of rotatable bonds is 65. The van der Waals surface area contributed by atoms with Gasteiger partial charge in [0.25, 0.3) is 0 Å². The van der Waals surface area contributed by atoms with Gasteiger partial charge in [-0.25, -0.2) is 0 Å². The van der Waals surface area contributed by atoms with E-state index in [9.17, 15) is 19.8 Å². The third kappa shape index (κ3) is 61.6. The molecule has 0 aromatic carbocycles. The van der Waals surface area contributed by atoms with Crippen molar-refractivity contribution in [1.82, 2.24) is 5.32 Å². The predicted molar refractivity (Wildman–Crippen MR) is 333 cm³/mol. The Morgan fingerprint density at radius 1 is 0.368 bits per heavy atom. The quantitative estimate of drug-likeness (QED) is 0.0320. The molecule has 0 spiro atoms. The Kier molecular flexibility index (Phi) is 64.4. The van der Waals surface area contributed by atoms with Crippen molar-refractivity contribution in [3.05, 3.63) is 24.3 Å². The number of allylic oxidation sites excluding steroid dienone is 4. The number of hydrogen-bond acceptors (Lipinski definition) is 5. The summed E-state index contributed by atoms with van der Waals surface area (Å²) in [5, 5.41) is 23.4. The Morgan fingerprint density at radius 2 is 0.658 bits per heavy atom. The normalized spacial score (nSPS) is 12.6. The summed E-state index contributed by atoms with van der Waals surface area (Å²) >= 11 is 0. The Labute approximate surface area is 475 Å². The Morgan fingerprint density at radius 3 is 1.01 bits per heavy atom. The highest BCUT2D eigenvalue weighted by Gasteiger charge is 2.20. The highest BCUT2D eigenvalue weighted by atomic mass is 16.5. The summed E-state index contributed by atoms with van der Waals surface area (Å²) in [5.74, 6) is -0.0287. The van der Waals surface area contributed by atoms with Gasteiger partial charge in [-0.2, -0.15) is 0 Å². The molecule has 2 unspecified atom stereocenters. The number of esters is 1. The second-order valence-electron chi connectivity index (χ2n) is 23.9. The smallest absolute Gasteiger partial charge is 0.305 e. The van der Waals surface area contributed by atoms with Crippen LogP contribution in [0.3, 0.4) is 0 Å². The van der Waals surface area contributed by atoms with Crippen LogP contribution in [0.1, 0.15) is 386 Å². The zero-order valence-electron chi connectivity index (χ0n) is 51.5. The fourth-order valence-corrected chi connectivity index (χ4v) is 11.0. The van der Waals surface area contributed by atoms with Gasteiger partial charge in [0.05, 0.1) is 25.4 Å². The van der Waals surface area contributed by atoms with Crippen LogP contribution in [0.2, 0.25) is 0 Å². The van der Waals surface area contributed by atoms with E-state index < -0.39 is 12.1 Å². The van der Waals surface area contributed by atoms with E-state index in [4.69, 9.17) is 4.74 Å². The van der Waals surface area contributed by atoms with Crippen molar-refractivity contribution in [2.24, 2.45) is 0 Å². The standard InChI is InChI=1S/C70H135NO5/c1-3-5-7-9-11-13-15-17-19-21-22-28-31-34-38-42-46-50-54-58-62-68(73)67(66-72)71-69(74)63-59-55-51-47-43-39-35-32-29-26-24-23-25-27-30-33-37-41-45-49-53-57-61-65-76-70(75)64-60-56-52-48-44-40-36-20-18-16-14-12-10-8-6-4-2/h14,16,20,36,67-68,72-73H,3-13,15,17-19,21-35,37-66H2,1-2H3,(H,71,74)/b16-14-,36-20-. The molecule has 3 N–H and O–H groups in total. The topological polar surface area (TPSA) is 95.9 Å². The molecule has 0 aromatic rings. The van der Waals surface area contributed by atoms with Crippen LogP contribution >= 0.6 is 0 Å². The third-order valence-electron chi connectivity index (χ3n) is 16.3. The van der Waals surface area contributed by atoms with E-state index in [1.807, 2.05) is 0 Å². The zero-order valence-corrected chi connectivity index (χ0v) is 51.5. The maximum Gasteiger partial charge on any atom is 0.305 e. The molecule has 0 aliphatic heterocycles. The van der Waals surface area contributed by atoms with E-state index in [1.165, 1.54) is 302 Å². The summed E-state index contributed by atoms with van der Waals surface area (Å²) < 4.78 is 5.49. The molecule has 2 atom stereocenters. The van der Waals surface area contributed by atoms with E-state index in [2.05, 4.69) is 43.5 Å². The van der Waals surface area contributed by atoms with Crippen molar-refractivity contribution in [2.75, 3.05) is 13.2 Å². The summed E-state index contributed by atoms with van der Waals surface area (Å²) in [4.78, 5) is 24.6. The molecular formula is C70H135NO5. The molecule has 450 valence electrons. The highest BCUT2D eigenvalue weighted by Crippen LogP contribution is 2.19. The minimum Gasteiger partial charge on any atom is -0.466 e. The minimum absolute atomic E-state index is 0.00181. The average molecular weight is 1070 g/mol. The largest absolute Gasteiger partial charge is 0.466 e. The number of ether oxygens (including phenoxy) is 1. The molecule has 0 fully saturated rings. The lowest BCUT2D eigenvalue weighted by atomic mass is 10.0. The zero-order chi connectivity index (χ0) is 55.0. The van der Waals surface area contributed by atoms with E-state index in [-0.39, 0.29) is 18.5 Å². The number of carbonyl (C=O) groups is 2. The van der Waals surface area contributed by atoms with Crippen LogP contribution < -0.4 is 5.32 Å². The van der Waals surface area contributed by atoms with Gasteiger partial charge in [-0.15, -0.1) is 0 Å². The number of aliphatic hydroxyl groups is 2. The molecule has 0 aliphatic rings. The van der Waals surface area contributed by atoms with Crippen LogP contribution in [0.4, 0.5) is 0 Å². The molecule has 1 amide bonds. The van der Waals surface area contributed by atoms with E-state index >= 15 is 0 Å². The number of nitrogens with one attached hydrogen (secondary N) is 1. The highest BCUT2D eigenvalue weighted by molar-refractivity contribution is 5.76. The number of hydrogen-bond donors (Lipinski definition) is 3. The van der Waals surface area contributed by atoms with Crippen molar-refractivity contribution < 1.29 is 24.5 Å². The number of aliphatic hydroxyl groups excluding tert-OH is 2. The van der Waals surface area contributed by atoms with E-state index in [1.54, 1.807) is 0 Å². The Bertz CT molecular complexity index is 1190. The monoisotopic (exact) mass is 1070 g/mol. The van der Waals surface area contributed by atoms with Crippen LogP contribution in [0.15, 0.2) is 24.3 Å². The van der Waals surface area contributed by atoms with Gasteiger partial charge in [-0.05, 0) is 57.8 Å². The molecule has 6 nitrogen and oxygen atoms in total. The van der Waals surface area contributed by atoms with Gasteiger partial charge in [0.15, 0.2) is 0 Å². The van der Waals surface area contributed by atoms with Crippen LogP contribution in [0.25, 0.3) is 0 Å². The maximum atomic E-state index is 12.5. The minimum atomic E-state index is -0.665. The van der Waals surface area contributed by atoms with Gasteiger partial charge in [-0.1, -0.05) is 340 Å². The fourth-order valence-electron chi connectivity index (χ4n) is 11.0. The number of carbonyl (C=O) groups excluding carboxylic acids is 2. The van der Waals surface area contributed by atoms with Gasteiger partial charge in [0.1, 0.15) is 0 Å². The first-order valence-corrected chi connectivity index (χ1v) is 34.6. The lowest BCUT2D eigenvalue weighted by Gasteiger charge is -2.22. The van der Waals surface area contributed by atoms with Crippen LogP contribution in [0, 0.1) is 0 Å². The van der Waals surface area contributed by atoms with Crippen molar-refractivity contribution in [3.8, 4) is 0 Å². The van der Waals surface area contributed by atoms with Gasteiger partial charge in [0.2, 0.25) is 5.91 Å². The molecule has 0 saturated heterocycles. The van der Waals surface area contributed by atoms with Gasteiger partial charge in [-0.3, -0.25) is 9.59 Å². The predicted octanol–water partition coefficient (Wildman–Crippen LogP) is 22.1. The number of amides is 1. The molecule has 76 heavy (non-hydrogen) atoms. The van der Waals surface area contributed by atoms with E-state index in [0.29, 0.717) is 25.9 Å². The van der Waals surface area contributed by atoms with Gasteiger partial charge >= 0.3 is 5.97 Å². The molecule has 0 aliphatic carbocycles. The second kappa shape index (κ2) is 65.9. The molecule has 0 radical (unpaired) electrons. The first kappa shape index (κ1) is 74.3. The summed E-state index contributed by atoms with van der Waals surface area (Å²) in [5.41, 5.74) is 0. The van der Waals surface area contributed by atoms with Crippen molar-refractivity contribution in [1.29, 1.82) is 0 Å². The summed E-state index contributed by atoms with van der Waals surface area (Å²) in [6.45, 7) is 4.96. The van der Waals surface area contributed by atoms with Gasteiger partial charge in [0, 0.05) is 12.8 Å². The summed E-state index contributed by atoms with van der Waals surface area (Å²) in [6.07, 6.45) is 82.1. The molecule has 6 heteroatoms. The van der Waals surface area contributed by atoms with Crippen molar-refractivity contribution >= 4 is 11.9 Å². The number of unbranched alkanes of at least 4 members (excludes halogenated alkanes) is 50. The third-order valence-corrected chi connectivity index (χ3v) is 16.3. The summed E-state index contributed by atoms with van der Waals surface area (Å²) in [6, 6.07) is -0.542. The van der Waals surface area contributed by atoms with Crippen LogP contribution in [0.5, 0.6) is 0 Å². The molecule has 0 saturated carbocycles. The second-order valence-corrected chi connectivity index (χ2v) is 23.9. The maximum absolute atomic E-state index is 12.5. The van der Waals surface area contributed by atoms with Crippen LogP contribution in [-0.2, 0) is 14.3 Å². The average Bonchev–Trinajstić information content (AvgIpc) is 3.42. The summed E-state index contributed by atoms with van der Waals surface area (Å²) in [7, 11) is 0. The lowest BCUT2D eigenvalue weighted by molar-refractivity contribution is -0.143. The van der Waals surface area contributed by atoms with Crippen molar-refractivity contribution in [3.63, 3.8) is 0 Å². The Hall–Kier alpha value is -1.66. The Balaban J connectivity index is 3.38. The molecular weight excluding hydrogens is 935 g/mol. The fraction of sp³-hybridized carbons (Fsp3) is 0.914. The first-order chi connectivity index (χ1) is 37.5. The van der Waals surface area contributed by atoms with Crippen LogP contribution in [-0.4, -0.2) is 47.4 Å². The molecule has 0 heterocycles. The molecule has 0 rings (SSSR count). The first-order valence-electron chi connectivity index (χ1n) is 34.6. The SMILES string of the molecule is CCCCCC/C=C\C/C=C\CCCCCCCC(=O)OCCCCCCCCCCCCCCCCCCCCCCCCCC(=O)NC(CO)C(O)CCCCCCCCCCCCCCCCCCCCCC. The molecule has 0 aromatic heterocycles.